The molecule has 3 aromatic rings. The zero-order chi connectivity index (χ0) is 15.7. The highest BCUT2D eigenvalue weighted by molar-refractivity contribution is 9.10. The van der Waals surface area contributed by atoms with E-state index in [4.69, 9.17) is 16.0 Å². The molecule has 0 saturated carbocycles. The van der Waals surface area contributed by atoms with Gasteiger partial charge in [-0.2, -0.15) is 0 Å². The van der Waals surface area contributed by atoms with E-state index < -0.39 is 11.5 Å². The van der Waals surface area contributed by atoms with Crippen molar-refractivity contribution in [2.45, 2.75) is 0 Å². The molecule has 1 N–H and O–H groups in total. The first-order valence-corrected chi connectivity index (χ1v) is 7.37. The van der Waals surface area contributed by atoms with Crippen molar-refractivity contribution in [3.05, 3.63) is 68.2 Å². The first-order valence-electron chi connectivity index (χ1n) is 6.20. The molecule has 0 radical (unpaired) electrons. The van der Waals surface area contributed by atoms with Gasteiger partial charge in [-0.05, 0) is 36.4 Å². The topological polar surface area (TPSA) is 72.2 Å². The Hall–Kier alpha value is -2.18. The summed E-state index contributed by atoms with van der Waals surface area (Å²) < 4.78 is 6.01. The number of fused-ring (bicyclic) bond motifs is 1. The fraction of sp³-hybridized carbons (Fsp3) is 0. The van der Waals surface area contributed by atoms with Gasteiger partial charge in [0, 0.05) is 16.1 Å². The number of amides is 1. The highest BCUT2D eigenvalue weighted by atomic mass is 79.9. The number of halogens is 2. The third-order valence-corrected chi connectivity index (χ3v) is 3.74. The highest BCUT2D eigenvalue weighted by Gasteiger charge is 2.14. The number of rotatable bonds is 2. The van der Waals surface area contributed by atoms with Crippen LogP contribution in [-0.4, -0.2) is 10.9 Å². The number of carbonyl (C=O) groups excluding carboxylic acids is 1. The predicted molar refractivity (Wildman–Crippen MR) is 87.4 cm³/mol. The Morgan fingerprint density at radius 2 is 2.09 bits per heavy atom. The molecule has 5 nitrogen and oxygen atoms in total. The van der Waals surface area contributed by atoms with Crippen molar-refractivity contribution in [2.24, 2.45) is 0 Å². The second kappa shape index (κ2) is 5.90. The molecule has 0 atom stereocenters. The van der Waals surface area contributed by atoms with Gasteiger partial charge in [0.1, 0.15) is 16.4 Å². The summed E-state index contributed by atoms with van der Waals surface area (Å²) in [4.78, 5) is 27.9. The molecular formula is C15H8BrClN2O3. The second-order valence-corrected chi connectivity index (χ2v) is 5.70. The zero-order valence-electron chi connectivity index (χ0n) is 11.0. The van der Waals surface area contributed by atoms with E-state index in [9.17, 15) is 9.59 Å². The van der Waals surface area contributed by atoms with Crippen LogP contribution in [0.5, 0.6) is 0 Å². The summed E-state index contributed by atoms with van der Waals surface area (Å²) in [6.45, 7) is 0. The quantitative estimate of drug-likeness (QED) is 0.542. The van der Waals surface area contributed by atoms with Gasteiger partial charge in [0.15, 0.2) is 0 Å². The first-order chi connectivity index (χ1) is 10.5. The molecule has 110 valence electrons. The maximum Gasteiger partial charge on any atom is 0.360 e. The van der Waals surface area contributed by atoms with Crippen molar-refractivity contribution in [1.82, 2.24) is 4.98 Å². The molecule has 1 amide bonds. The summed E-state index contributed by atoms with van der Waals surface area (Å²) in [6, 6.07) is 9.87. The van der Waals surface area contributed by atoms with Crippen LogP contribution in [0.25, 0.3) is 11.0 Å². The lowest BCUT2D eigenvalue weighted by Crippen LogP contribution is -2.18. The van der Waals surface area contributed by atoms with Crippen molar-refractivity contribution >= 4 is 50.1 Å². The number of hydrogen-bond donors (Lipinski definition) is 1. The van der Waals surface area contributed by atoms with Crippen molar-refractivity contribution in [2.75, 3.05) is 5.32 Å². The Balaban J connectivity index is 2.00. The summed E-state index contributed by atoms with van der Waals surface area (Å²) in [5.41, 5.74) is 0.0159. The molecular weight excluding hydrogens is 372 g/mol. The molecule has 0 saturated heterocycles. The third-order valence-electron chi connectivity index (χ3n) is 2.95. The van der Waals surface area contributed by atoms with Crippen LogP contribution in [0.15, 0.2) is 56.3 Å². The number of carbonyl (C=O) groups is 1. The molecule has 0 aliphatic carbocycles. The lowest BCUT2D eigenvalue weighted by atomic mass is 10.2. The largest absolute Gasteiger partial charge is 0.421 e. The van der Waals surface area contributed by atoms with Crippen LogP contribution in [-0.2, 0) is 0 Å². The van der Waals surface area contributed by atoms with Crippen LogP contribution in [0.3, 0.4) is 0 Å². The molecule has 0 unspecified atom stereocenters. The number of hydrogen-bond acceptors (Lipinski definition) is 4. The van der Waals surface area contributed by atoms with E-state index >= 15 is 0 Å². The molecule has 0 aliphatic rings. The van der Waals surface area contributed by atoms with Crippen LogP contribution in [0.2, 0.25) is 5.15 Å². The van der Waals surface area contributed by atoms with Gasteiger partial charge in [-0.15, -0.1) is 0 Å². The normalized spacial score (nSPS) is 10.6. The highest BCUT2D eigenvalue weighted by Crippen LogP contribution is 2.21. The molecule has 3 rings (SSSR count). The van der Waals surface area contributed by atoms with Gasteiger partial charge >= 0.3 is 5.63 Å². The number of aromatic nitrogens is 1. The van der Waals surface area contributed by atoms with Crippen molar-refractivity contribution in [3.63, 3.8) is 0 Å². The Kier molecular flexibility index (Phi) is 3.96. The smallest absolute Gasteiger partial charge is 0.360 e. The summed E-state index contributed by atoms with van der Waals surface area (Å²) in [5.74, 6) is -0.528. The second-order valence-electron chi connectivity index (χ2n) is 4.43. The third kappa shape index (κ3) is 2.88. The van der Waals surface area contributed by atoms with Gasteiger partial charge in [0.05, 0.1) is 5.56 Å². The summed E-state index contributed by atoms with van der Waals surface area (Å²) in [6.07, 6.45) is 1.47. The van der Waals surface area contributed by atoms with Gasteiger partial charge in [0.2, 0.25) is 0 Å². The molecule has 0 bridgehead atoms. The Bertz CT molecular complexity index is 939. The van der Waals surface area contributed by atoms with Gasteiger partial charge in [-0.1, -0.05) is 27.5 Å². The van der Waals surface area contributed by atoms with Gasteiger partial charge in [-0.3, -0.25) is 4.79 Å². The molecule has 22 heavy (non-hydrogen) atoms. The number of anilines is 1. The average molecular weight is 380 g/mol. The average Bonchev–Trinajstić information content (AvgIpc) is 2.49. The minimum atomic E-state index is -0.636. The Labute approximate surface area is 138 Å². The van der Waals surface area contributed by atoms with E-state index in [1.165, 1.54) is 12.3 Å². The number of benzene rings is 1. The predicted octanol–water partition coefficient (Wildman–Crippen LogP) is 3.86. The SMILES string of the molecule is O=C(Nc1cc2cc(Br)ccc2oc1=O)c1cccnc1Cl. The van der Waals surface area contributed by atoms with E-state index in [0.29, 0.717) is 11.0 Å². The molecule has 0 aliphatic heterocycles. The van der Waals surface area contributed by atoms with Crippen molar-refractivity contribution < 1.29 is 9.21 Å². The van der Waals surface area contributed by atoms with E-state index in [0.717, 1.165) is 4.47 Å². The summed E-state index contributed by atoms with van der Waals surface area (Å²) >= 11 is 9.20. The minimum Gasteiger partial charge on any atom is -0.421 e. The lowest BCUT2D eigenvalue weighted by molar-refractivity contribution is 0.102. The van der Waals surface area contributed by atoms with Crippen LogP contribution >= 0.6 is 27.5 Å². The molecule has 2 aromatic heterocycles. The summed E-state index contributed by atoms with van der Waals surface area (Å²) in [7, 11) is 0. The standard InChI is InChI=1S/C15H8BrClN2O3/c16-9-3-4-12-8(6-9)7-11(15(21)22-12)19-14(20)10-2-1-5-18-13(10)17/h1-7H,(H,19,20). The molecule has 1 aromatic carbocycles. The number of pyridine rings is 1. The van der Waals surface area contributed by atoms with E-state index in [-0.39, 0.29) is 16.4 Å². The zero-order valence-corrected chi connectivity index (χ0v) is 13.3. The van der Waals surface area contributed by atoms with E-state index in [2.05, 4.69) is 26.2 Å². The van der Waals surface area contributed by atoms with Crippen molar-refractivity contribution in [1.29, 1.82) is 0 Å². The fourth-order valence-electron chi connectivity index (χ4n) is 1.93. The van der Waals surface area contributed by atoms with Crippen LogP contribution in [0.4, 0.5) is 5.69 Å². The molecule has 0 spiro atoms. The summed E-state index contributed by atoms with van der Waals surface area (Å²) in [5, 5.41) is 3.24. The Morgan fingerprint density at radius 1 is 1.27 bits per heavy atom. The minimum absolute atomic E-state index is 0.0375. The van der Waals surface area contributed by atoms with Gasteiger partial charge in [0.25, 0.3) is 5.91 Å². The van der Waals surface area contributed by atoms with Gasteiger partial charge < -0.3 is 9.73 Å². The Morgan fingerprint density at radius 3 is 2.86 bits per heavy atom. The lowest BCUT2D eigenvalue weighted by Gasteiger charge is -2.06. The maximum atomic E-state index is 12.2. The van der Waals surface area contributed by atoms with Crippen LogP contribution < -0.4 is 10.9 Å². The monoisotopic (exact) mass is 378 g/mol. The number of nitrogens with one attached hydrogen (secondary N) is 1. The molecule has 0 fully saturated rings. The van der Waals surface area contributed by atoms with Crippen LogP contribution in [0, 0.1) is 0 Å². The van der Waals surface area contributed by atoms with E-state index in [1.54, 1.807) is 30.3 Å². The fourth-order valence-corrected chi connectivity index (χ4v) is 2.51. The van der Waals surface area contributed by atoms with E-state index in [1.807, 2.05) is 0 Å². The van der Waals surface area contributed by atoms with Crippen LogP contribution in [0.1, 0.15) is 10.4 Å². The van der Waals surface area contributed by atoms with Crippen molar-refractivity contribution in [3.8, 4) is 0 Å². The number of nitrogens with zero attached hydrogens (tertiary/aromatic N) is 1. The first kappa shape index (κ1) is 14.7. The van der Waals surface area contributed by atoms with Gasteiger partial charge in [-0.25, -0.2) is 9.78 Å². The maximum absolute atomic E-state index is 12.2. The molecule has 2 heterocycles. The molecule has 7 heteroatoms.